The molecule has 0 unspecified atom stereocenters. The van der Waals surface area contributed by atoms with Crippen molar-refractivity contribution in [2.45, 2.75) is 12.7 Å². The first-order chi connectivity index (χ1) is 8.05. The molecule has 0 atom stereocenters. The second-order valence-corrected chi connectivity index (χ2v) is 4.39. The van der Waals surface area contributed by atoms with Gasteiger partial charge >= 0.3 is 6.18 Å². The van der Waals surface area contributed by atoms with Crippen LogP contribution in [-0.2, 0) is 12.7 Å². The fourth-order valence-corrected chi connectivity index (χ4v) is 1.94. The van der Waals surface area contributed by atoms with Crippen LogP contribution in [0.4, 0.5) is 19.0 Å². The van der Waals surface area contributed by atoms with Crippen LogP contribution in [0.15, 0.2) is 35.8 Å². The van der Waals surface area contributed by atoms with E-state index >= 15 is 0 Å². The standard InChI is InChI=1S/C11H9F3N2S/c12-11(13,14)8-3-4-15-10(6-8)16-7-9-2-1-5-17-9/h1-6H,7H2,(H,15,16). The topological polar surface area (TPSA) is 24.9 Å². The molecule has 2 heterocycles. The summed E-state index contributed by atoms with van der Waals surface area (Å²) in [5, 5.41) is 4.77. The Kier molecular flexibility index (Phi) is 3.33. The van der Waals surface area contributed by atoms with Crippen LogP contribution in [0.25, 0.3) is 0 Å². The number of nitrogens with zero attached hydrogens (tertiary/aromatic N) is 1. The van der Waals surface area contributed by atoms with Crippen molar-refractivity contribution < 1.29 is 13.2 Å². The number of halogens is 3. The Hall–Kier alpha value is -1.56. The molecule has 1 N–H and O–H groups in total. The van der Waals surface area contributed by atoms with Crippen LogP contribution >= 0.6 is 11.3 Å². The molecule has 2 aromatic heterocycles. The monoisotopic (exact) mass is 258 g/mol. The molecule has 17 heavy (non-hydrogen) atoms. The largest absolute Gasteiger partial charge is 0.416 e. The molecule has 0 spiro atoms. The highest BCUT2D eigenvalue weighted by atomic mass is 32.1. The highest BCUT2D eigenvalue weighted by Crippen LogP contribution is 2.29. The minimum absolute atomic E-state index is 0.230. The lowest BCUT2D eigenvalue weighted by Gasteiger charge is -2.08. The van der Waals surface area contributed by atoms with Crippen molar-refractivity contribution in [3.05, 3.63) is 46.3 Å². The minimum Gasteiger partial charge on any atom is -0.365 e. The van der Waals surface area contributed by atoms with E-state index < -0.39 is 11.7 Å². The lowest BCUT2D eigenvalue weighted by atomic mass is 10.2. The molecule has 90 valence electrons. The Morgan fingerprint density at radius 3 is 2.76 bits per heavy atom. The molecule has 6 heteroatoms. The van der Waals surface area contributed by atoms with E-state index in [2.05, 4.69) is 10.3 Å². The van der Waals surface area contributed by atoms with E-state index in [1.807, 2.05) is 17.5 Å². The summed E-state index contributed by atoms with van der Waals surface area (Å²) in [4.78, 5) is 4.89. The molecule has 2 rings (SSSR count). The predicted octanol–water partition coefficient (Wildman–Crippen LogP) is 3.77. The van der Waals surface area contributed by atoms with Gasteiger partial charge < -0.3 is 5.32 Å². The van der Waals surface area contributed by atoms with E-state index in [4.69, 9.17) is 0 Å². The van der Waals surface area contributed by atoms with Crippen molar-refractivity contribution in [3.8, 4) is 0 Å². The van der Waals surface area contributed by atoms with E-state index in [1.165, 1.54) is 11.3 Å². The summed E-state index contributed by atoms with van der Waals surface area (Å²) in [6.07, 6.45) is -3.18. The second kappa shape index (κ2) is 4.75. The fourth-order valence-electron chi connectivity index (χ4n) is 1.29. The maximum Gasteiger partial charge on any atom is 0.416 e. The number of rotatable bonds is 3. The van der Waals surface area contributed by atoms with E-state index in [0.717, 1.165) is 23.2 Å². The third kappa shape index (κ3) is 3.20. The van der Waals surface area contributed by atoms with Crippen LogP contribution in [0.5, 0.6) is 0 Å². The summed E-state index contributed by atoms with van der Waals surface area (Å²) in [7, 11) is 0. The van der Waals surface area contributed by atoms with Gasteiger partial charge in [0.25, 0.3) is 0 Å². The molecule has 0 fully saturated rings. The molecular weight excluding hydrogens is 249 g/mol. The Labute approximate surface area is 100 Å². The number of hydrogen-bond acceptors (Lipinski definition) is 3. The molecule has 0 aliphatic carbocycles. The number of pyridine rings is 1. The van der Waals surface area contributed by atoms with Crippen LogP contribution in [0.2, 0.25) is 0 Å². The SMILES string of the molecule is FC(F)(F)c1ccnc(NCc2cccs2)c1. The number of hydrogen-bond donors (Lipinski definition) is 1. The number of anilines is 1. The molecule has 0 saturated heterocycles. The van der Waals surface area contributed by atoms with Gasteiger partial charge in [0.2, 0.25) is 0 Å². The van der Waals surface area contributed by atoms with Crippen molar-refractivity contribution in [2.24, 2.45) is 0 Å². The lowest BCUT2D eigenvalue weighted by molar-refractivity contribution is -0.137. The highest BCUT2D eigenvalue weighted by Gasteiger charge is 2.30. The first-order valence-corrected chi connectivity index (χ1v) is 5.73. The Morgan fingerprint density at radius 1 is 1.29 bits per heavy atom. The van der Waals surface area contributed by atoms with Gasteiger partial charge in [-0.05, 0) is 23.6 Å². The molecule has 2 aromatic rings. The zero-order chi connectivity index (χ0) is 12.3. The van der Waals surface area contributed by atoms with E-state index in [9.17, 15) is 13.2 Å². The maximum absolute atomic E-state index is 12.4. The van der Waals surface area contributed by atoms with Gasteiger partial charge in [-0.1, -0.05) is 6.07 Å². The zero-order valence-electron chi connectivity index (χ0n) is 8.66. The third-order valence-electron chi connectivity index (χ3n) is 2.11. The molecule has 0 bridgehead atoms. The summed E-state index contributed by atoms with van der Waals surface area (Å²) in [5.41, 5.74) is -0.693. The smallest absolute Gasteiger partial charge is 0.365 e. The first kappa shape index (κ1) is 11.9. The van der Waals surface area contributed by atoms with Crippen LogP contribution < -0.4 is 5.32 Å². The molecular formula is C11H9F3N2S. The van der Waals surface area contributed by atoms with E-state index in [-0.39, 0.29) is 5.82 Å². The number of thiophene rings is 1. The summed E-state index contributed by atoms with van der Waals surface area (Å²) in [6.45, 7) is 0.478. The Bertz CT molecular complexity index is 480. The summed E-state index contributed by atoms with van der Waals surface area (Å²) >= 11 is 1.54. The highest BCUT2D eigenvalue weighted by molar-refractivity contribution is 7.09. The maximum atomic E-state index is 12.4. The van der Waals surface area contributed by atoms with Gasteiger partial charge in [0, 0.05) is 11.1 Å². The number of nitrogens with one attached hydrogen (secondary N) is 1. The molecule has 0 saturated carbocycles. The molecule has 2 nitrogen and oxygen atoms in total. The van der Waals surface area contributed by atoms with Gasteiger partial charge in [-0.2, -0.15) is 13.2 Å². The Morgan fingerprint density at radius 2 is 2.12 bits per heavy atom. The van der Waals surface area contributed by atoms with Crippen molar-refractivity contribution in [1.82, 2.24) is 4.98 Å². The van der Waals surface area contributed by atoms with Crippen molar-refractivity contribution in [2.75, 3.05) is 5.32 Å². The van der Waals surface area contributed by atoms with Crippen molar-refractivity contribution in [3.63, 3.8) is 0 Å². The normalized spacial score (nSPS) is 11.5. The van der Waals surface area contributed by atoms with Gasteiger partial charge in [-0.25, -0.2) is 4.98 Å². The molecule has 0 aromatic carbocycles. The van der Waals surface area contributed by atoms with Crippen molar-refractivity contribution >= 4 is 17.2 Å². The number of aromatic nitrogens is 1. The molecule has 0 radical (unpaired) electrons. The molecule has 0 aliphatic heterocycles. The van der Waals surface area contributed by atoms with Crippen LogP contribution in [0, 0.1) is 0 Å². The molecule has 0 aliphatic rings. The fraction of sp³-hybridized carbons (Fsp3) is 0.182. The van der Waals surface area contributed by atoms with Gasteiger partial charge in [0.15, 0.2) is 0 Å². The third-order valence-corrected chi connectivity index (χ3v) is 2.99. The molecule has 0 amide bonds. The lowest BCUT2D eigenvalue weighted by Crippen LogP contribution is -2.07. The van der Waals surface area contributed by atoms with Gasteiger partial charge in [-0.15, -0.1) is 11.3 Å². The van der Waals surface area contributed by atoms with E-state index in [0.29, 0.717) is 6.54 Å². The quantitative estimate of drug-likeness (QED) is 0.906. The summed E-state index contributed by atoms with van der Waals surface area (Å²) in [5.74, 6) is 0.230. The zero-order valence-corrected chi connectivity index (χ0v) is 9.48. The van der Waals surface area contributed by atoms with Crippen molar-refractivity contribution in [1.29, 1.82) is 0 Å². The summed E-state index contributed by atoms with van der Waals surface area (Å²) in [6, 6.07) is 5.76. The van der Waals surface area contributed by atoms with E-state index in [1.54, 1.807) is 0 Å². The van der Waals surface area contributed by atoms with Crippen LogP contribution in [0.1, 0.15) is 10.4 Å². The minimum atomic E-state index is -4.33. The summed E-state index contributed by atoms with van der Waals surface area (Å²) < 4.78 is 37.3. The van der Waals surface area contributed by atoms with Gasteiger partial charge in [-0.3, -0.25) is 0 Å². The number of alkyl halides is 3. The Balaban J connectivity index is 2.07. The van der Waals surface area contributed by atoms with Crippen LogP contribution in [-0.4, -0.2) is 4.98 Å². The van der Waals surface area contributed by atoms with Gasteiger partial charge in [0.05, 0.1) is 12.1 Å². The predicted molar refractivity (Wildman–Crippen MR) is 60.9 cm³/mol. The first-order valence-electron chi connectivity index (χ1n) is 4.85. The van der Waals surface area contributed by atoms with Gasteiger partial charge in [0.1, 0.15) is 5.82 Å². The second-order valence-electron chi connectivity index (χ2n) is 3.36. The van der Waals surface area contributed by atoms with Crippen LogP contribution in [0.3, 0.4) is 0 Å². The average Bonchev–Trinajstić information content (AvgIpc) is 2.78. The average molecular weight is 258 g/mol.